The van der Waals surface area contributed by atoms with E-state index in [1.165, 1.54) is 6.92 Å². The zero-order chi connectivity index (χ0) is 16.2. The first kappa shape index (κ1) is 14.9. The third-order valence-electron chi connectivity index (χ3n) is 3.65. The van der Waals surface area contributed by atoms with Gasteiger partial charge in [-0.3, -0.25) is 4.79 Å². The Bertz CT molecular complexity index is 805. The molecule has 0 saturated carbocycles. The SMILES string of the molecule is CC(=O)OCn1c(-c2ccccc2)ccc1-c1ccc(N)cc1. The zero-order valence-corrected chi connectivity index (χ0v) is 12.9. The Morgan fingerprint density at radius 2 is 1.48 bits per heavy atom. The van der Waals surface area contributed by atoms with Gasteiger partial charge in [0, 0.05) is 12.6 Å². The monoisotopic (exact) mass is 306 g/mol. The van der Waals surface area contributed by atoms with Crippen LogP contribution in [0, 0.1) is 0 Å². The molecule has 1 aromatic heterocycles. The lowest BCUT2D eigenvalue weighted by atomic mass is 10.1. The van der Waals surface area contributed by atoms with Crippen molar-refractivity contribution in [2.45, 2.75) is 13.7 Å². The summed E-state index contributed by atoms with van der Waals surface area (Å²) in [5.41, 5.74) is 10.5. The van der Waals surface area contributed by atoms with E-state index in [-0.39, 0.29) is 12.7 Å². The van der Waals surface area contributed by atoms with Crippen LogP contribution in [0.5, 0.6) is 0 Å². The van der Waals surface area contributed by atoms with Gasteiger partial charge in [0.05, 0.1) is 11.4 Å². The normalized spacial score (nSPS) is 10.5. The summed E-state index contributed by atoms with van der Waals surface area (Å²) in [6, 6.07) is 21.7. The fourth-order valence-corrected chi connectivity index (χ4v) is 2.53. The van der Waals surface area contributed by atoms with Crippen LogP contribution < -0.4 is 5.73 Å². The second-order valence-corrected chi connectivity index (χ2v) is 5.28. The average molecular weight is 306 g/mol. The van der Waals surface area contributed by atoms with E-state index in [1.54, 1.807) is 0 Å². The van der Waals surface area contributed by atoms with Crippen molar-refractivity contribution >= 4 is 11.7 Å². The van der Waals surface area contributed by atoms with E-state index in [9.17, 15) is 4.79 Å². The number of aromatic nitrogens is 1. The van der Waals surface area contributed by atoms with Crippen molar-refractivity contribution in [3.63, 3.8) is 0 Å². The minimum Gasteiger partial charge on any atom is -0.444 e. The second kappa shape index (κ2) is 6.40. The third-order valence-corrected chi connectivity index (χ3v) is 3.65. The van der Waals surface area contributed by atoms with Crippen LogP contribution in [0.25, 0.3) is 22.5 Å². The molecule has 0 bridgehead atoms. The molecule has 0 amide bonds. The Kier molecular flexibility index (Phi) is 4.15. The predicted octanol–water partition coefficient (Wildman–Crippen LogP) is 3.92. The molecule has 2 aromatic carbocycles. The Hall–Kier alpha value is -3.01. The first-order valence-corrected chi connectivity index (χ1v) is 7.39. The summed E-state index contributed by atoms with van der Waals surface area (Å²) in [4.78, 5) is 11.2. The van der Waals surface area contributed by atoms with E-state index in [4.69, 9.17) is 10.5 Å². The highest BCUT2D eigenvalue weighted by Crippen LogP contribution is 2.29. The fraction of sp³-hybridized carbons (Fsp3) is 0.105. The quantitative estimate of drug-likeness (QED) is 0.587. The van der Waals surface area contributed by atoms with Gasteiger partial charge in [0.2, 0.25) is 0 Å². The van der Waals surface area contributed by atoms with Crippen LogP contribution in [0.2, 0.25) is 0 Å². The summed E-state index contributed by atoms with van der Waals surface area (Å²) < 4.78 is 7.22. The van der Waals surface area contributed by atoms with Crippen LogP contribution in [0.3, 0.4) is 0 Å². The average Bonchev–Trinajstić information content (AvgIpc) is 2.98. The molecule has 3 aromatic rings. The van der Waals surface area contributed by atoms with Crippen LogP contribution in [0.4, 0.5) is 5.69 Å². The first-order chi connectivity index (χ1) is 11.1. The molecule has 0 aliphatic rings. The van der Waals surface area contributed by atoms with Crippen LogP contribution in [0.15, 0.2) is 66.7 Å². The van der Waals surface area contributed by atoms with Crippen LogP contribution in [0.1, 0.15) is 6.92 Å². The highest BCUT2D eigenvalue weighted by molar-refractivity contribution is 5.71. The van der Waals surface area contributed by atoms with E-state index in [2.05, 4.69) is 0 Å². The van der Waals surface area contributed by atoms with Gasteiger partial charge in [0.15, 0.2) is 6.73 Å². The van der Waals surface area contributed by atoms with Crippen molar-refractivity contribution in [3.05, 3.63) is 66.7 Å². The summed E-state index contributed by atoms with van der Waals surface area (Å²) in [5, 5.41) is 0. The lowest BCUT2D eigenvalue weighted by Gasteiger charge is -2.14. The predicted molar refractivity (Wildman–Crippen MR) is 91.5 cm³/mol. The molecule has 0 aliphatic heterocycles. The number of anilines is 1. The lowest BCUT2D eigenvalue weighted by molar-refractivity contribution is -0.144. The standard InChI is InChI=1S/C19H18N2O2/c1-14(22)23-13-21-18(15-5-3-2-4-6-15)11-12-19(21)16-7-9-17(20)10-8-16/h2-12H,13,20H2,1H3. The number of carbonyl (C=O) groups is 1. The van der Waals surface area contributed by atoms with E-state index in [0.717, 1.165) is 28.2 Å². The van der Waals surface area contributed by atoms with E-state index >= 15 is 0 Å². The van der Waals surface area contributed by atoms with E-state index in [0.29, 0.717) is 0 Å². The number of carbonyl (C=O) groups excluding carboxylic acids is 1. The molecule has 0 fully saturated rings. The molecular weight excluding hydrogens is 288 g/mol. The second-order valence-electron chi connectivity index (χ2n) is 5.28. The molecule has 0 radical (unpaired) electrons. The molecule has 0 aliphatic carbocycles. The highest BCUT2D eigenvalue weighted by atomic mass is 16.5. The van der Waals surface area contributed by atoms with Gasteiger partial charge in [-0.15, -0.1) is 0 Å². The number of hydrogen-bond donors (Lipinski definition) is 1. The summed E-state index contributed by atoms with van der Waals surface area (Å²) >= 11 is 0. The number of benzene rings is 2. The Morgan fingerprint density at radius 3 is 2.04 bits per heavy atom. The van der Waals surface area contributed by atoms with Gasteiger partial charge in [-0.05, 0) is 35.4 Å². The topological polar surface area (TPSA) is 57.2 Å². The minimum atomic E-state index is -0.305. The molecule has 4 heteroatoms. The molecular formula is C19H18N2O2. The van der Waals surface area contributed by atoms with Crippen molar-refractivity contribution in [3.8, 4) is 22.5 Å². The van der Waals surface area contributed by atoms with Crippen molar-refractivity contribution in [2.24, 2.45) is 0 Å². The van der Waals surface area contributed by atoms with Crippen LogP contribution in [-0.2, 0) is 16.3 Å². The van der Waals surface area contributed by atoms with E-state index < -0.39 is 0 Å². The summed E-state index contributed by atoms with van der Waals surface area (Å²) in [6.07, 6.45) is 0. The molecule has 23 heavy (non-hydrogen) atoms. The van der Waals surface area contributed by atoms with Crippen LogP contribution >= 0.6 is 0 Å². The molecule has 0 saturated heterocycles. The van der Waals surface area contributed by atoms with E-state index in [1.807, 2.05) is 71.3 Å². The molecule has 4 nitrogen and oxygen atoms in total. The Balaban J connectivity index is 2.07. The minimum absolute atomic E-state index is 0.173. The van der Waals surface area contributed by atoms with Crippen LogP contribution in [-0.4, -0.2) is 10.5 Å². The molecule has 0 unspecified atom stereocenters. The maximum atomic E-state index is 11.2. The number of hydrogen-bond acceptors (Lipinski definition) is 3. The zero-order valence-electron chi connectivity index (χ0n) is 12.9. The first-order valence-electron chi connectivity index (χ1n) is 7.39. The summed E-state index contributed by atoms with van der Waals surface area (Å²) in [7, 11) is 0. The van der Waals surface area contributed by atoms with Crippen molar-refractivity contribution < 1.29 is 9.53 Å². The van der Waals surface area contributed by atoms with Gasteiger partial charge in [-0.25, -0.2) is 0 Å². The molecule has 0 spiro atoms. The van der Waals surface area contributed by atoms with Gasteiger partial charge >= 0.3 is 5.97 Å². The maximum absolute atomic E-state index is 11.2. The Morgan fingerprint density at radius 1 is 0.913 bits per heavy atom. The summed E-state index contributed by atoms with van der Waals surface area (Å²) in [5.74, 6) is -0.305. The molecule has 116 valence electrons. The highest BCUT2D eigenvalue weighted by Gasteiger charge is 2.12. The van der Waals surface area contributed by atoms with Gasteiger partial charge in [0.1, 0.15) is 0 Å². The van der Waals surface area contributed by atoms with Gasteiger partial charge in [-0.2, -0.15) is 0 Å². The largest absolute Gasteiger partial charge is 0.444 e. The van der Waals surface area contributed by atoms with Gasteiger partial charge in [-0.1, -0.05) is 42.5 Å². The molecule has 0 atom stereocenters. The molecule has 3 rings (SSSR count). The van der Waals surface area contributed by atoms with Crippen molar-refractivity contribution in [2.75, 3.05) is 5.73 Å². The third kappa shape index (κ3) is 3.26. The van der Waals surface area contributed by atoms with Crippen molar-refractivity contribution in [1.82, 2.24) is 4.57 Å². The maximum Gasteiger partial charge on any atom is 0.304 e. The number of nitrogen functional groups attached to an aromatic ring is 1. The number of esters is 1. The van der Waals surface area contributed by atoms with Gasteiger partial charge in [0.25, 0.3) is 0 Å². The number of nitrogens with zero attached hydrogens (tertiary/aromatic N) is 1. The molecule has 2 N–H and O–H groups in total. The number of nitrogens with two attached hydrogens (primary N) is 1. The number of ether oxygens (including phenoxy) is 1. The summed E-state index contributed by atoms with van der Waals surface area (Å²) in [6.45, 7) is 1.58. The van der Waals surface area contributed by atoms with Gasteiger partial charge < -0.3 is 15.0 Å². The fourth-order valence-electron chi connectivity index (χ4n) is 2.53. The molecule has 1 heterocycles. The number of rotatable bonds is 4. The van der Waals surface area contributed by atoms with Crippen molar-refractivity contribution in [1.29, 1.82) is 0 Å². The lowest BCUT2D eigenvalue weighted by Crippen LogP contribution is -2.08. The Labute approximate surface area is 135 Å². The smallest absolute Gasteiger partial charge is 0.304 e.